The Labute approximate surface area is 106 Å². The van der Waals surface area contributed by atoms with Crippen LogP contribution in [0.25, 0.3) is 0 Å². The number of H-pyrrole nitrogens is 1. The van der Waals surface area contributed by atoms with E-state index in [1.165, 1.54) is 0 Å². The molecule has 1 saturated heterocycles. The summed E-state index contributed by atoms with van der Waals surface area (Å²) in [6, 6.07) is 0. The standard InChI is InChI=1S/C12H16N2O3S/c15-12-9-3-1-2-4-10(9)13-11(14-12)8-5-6-18(16,17)7-8/h8H,1-7H2,(H,13,14,15). The van der Waals surface area contributed by atoms with Crippen LogP contribution in [0.1, 0.15) is 42.3 Å². The Morgan fingerprint density at radius 2 is 2.00 bits per heavy atom. The van der Waals surface area contributed by atoms with E-state index in [4.69, 9.17) is 0 Å². The molecule has 5 nitrogen and oxygen atoms in total. The molecule has 0 bridgehead atoms. The van der Waals surface area contributed by atoms with E-state index < -0.39 is 9.84 Å². The van der Waals surface area contributed by atoms with Crippen molar-refractivity contribution in [3.63, 3.8) is 0 Å². The molecule has 1 aliphatic heterocycles. The first-order valence-electron chi connectivity index (χ1n) is 6.37. The number of nitrogens with zero attached hydrogens (tertiary/aromatic N) is 1. The molecule has 2 heterocycles. The van der Waals surface area contributed by atoms with E-state index in [1.807, 2.05) is 0 Å². The van der Waals surface area contributed by atoms with Gasteiger partial charge in [0.2, 0.25) is 0 Å². The number of aryl methyl sites for hydroxylation is 1. The van der Waals surface area contributed by atoms with Gasteiger partial charge in [-0.3, -0.25) is 4.79 Å². The van der Waals surface area contributed by atoms with Crippen molar-refractivity contribution in [2.24, 2.45) is 0 Å². The second-order valence-corrected chi connectivity index (χ2v) is 7.41. The maximum Gasteiger partial charge on any atom is 0.254 e. The molecule has 1 unspecified atom stereocenters. The van der Waals surface area contributed by atoms with E-state index in [2.05, 4.69) is 9.97 Å². The third kappa shape index (κ3) is 2.09. The van der Waals surface area contributed by atoms with E-state index in [0.717, 1.165) is 36.9 Å². The third-order valence-corrected chi connectivity index (χ3v) is 5.60. The van der Waals surface area contributed by atoms with Crippen molar-refractivity contribution in [2.75, 3.05) is 11.5 Å². The quantitative estimate of drug-likeness (QED) is 0.806. The maximum absolute atomic E-state index is 12.0. The Morgan fingerprint density at radius 1 is 1.22 bits per heavy atom. The lowest BCUT2D eigenvalue weighted by molar-refractivity contribution is 0.600. The van der Waals surface area contributed by atoms with Crippen molar-refractivity contribution < 1.29 is 8.42 Å². The second-order valence-electron chi connectivity index (χ2n) is 5.18. The highest BCUT2D eigenvalue weighted by molar-refractivity contribution is 7.91. The first-order chi connectivity index (χ1) is 8.55. The number of rotatable bonds is 1. The molecule has 18 heavy (non-hydrogen) atoms. The molecule has 1 atom stereocenters. The van der Waals surface area contributed by atoms with Crippen LogP contribution in [0.3, 0.4) is 0 Å². The Bertz CT molecular complexity index is 633. The molecule has 0 spiro atoms. The molecule has 2 aliphatic rings. The number of aromatic nitrogens is 2. The fourth-order valence-corrected chi connectivity index (χ4v) is 4.57. The zero-order chi connectivity index (χ0) is 12.8. The van der Waals surface area contributed by atoms with E-state index in [0.29, 0.717) is 12.2 Å². The van der Waals surface area contributed by atoms with Gasteiger partial charge in [0, 0.05) is 11.5 Å². The number of fused-ring (bicyclic) bond motifs is 1. The van der Waals surface area contributed by atoms with Gasteiger partial charge in [-0.15, -0.1) is 0 Å². The average molecular weight is 268 g/mol. The normalized spacial score (nSPS) is 25.9. The fourth-order valence-electron chi connectivity index (χ4n) is 2.83. The SMILES string of the molecule is O=c1[nH]c(C2CCS(=O)(=O)C2)nc2c1CCCC2. The Hall–Kier alpha value is -1.17. The van der Waals surface area contributed by atoms with Gasteiger partial charge in [0.1, 0.15) is 5.82 Å². The first-order valence-corrected chi connectivity index (χ1v) is 8.20. The van der Waals surface area contributed by atoms with Gasteiger partial charge in [0.05, 0.1) is 17.2 Å². The molecule has 0 radical (unpaired) electrons. The number of hydrogen-bond acceptors (Lipinski definition) is 4. The molecule has 1 aromatic rings. The first kappa shape index (κ1) is 11.9. The minimum absolute atomic E-state index is 0.0704. The lowest BCUT2D eigenvalue weighted by atomic mass is 9.96. The van der Waals surface area contributed by atoms with Crippen molar-refractivity contribution in [2.45, 2.75) is 38.0 Å². The molecule has 0 amide bonds. The average Bonchev–Trinajstić information content (AvgIpc) is 2.70. The van der Waals surface area contributed by atoms with E-state index in [1.54, 1.807) is 0 Å². The summed E-state index contributed by atoms with van der Waals surface area (Å²) in [5, 5.41) is 0. The maximum atomic E-state index is 12.0. The van der Waals surface area contributed by atoms with Gasteiger partial charge in [0.15, 0.2) is 9.84 Å². The van der Waals surface area contributed by atoms with Gasteiger partial charge in [-0.2, -0.15) is 0 Å². The van der Waals surface area contributed by atoms with Crippen LogP contribution in [0.5, 0.6) is 0 Å². The predicted molar refractivity (Wildman–Crippen MR) is 67.5 cm³/mol. The Balaban J connectivity index is 1.99. The van der Waals surface area contributed by atoms with Crippen LogP contribution < -0.4 is 5.56 Å². The molecule has 0 aromatic carbocycles. The Morgan fingerprint density at radius 3 is 2.72 bits per heavy atom. The zero-order valence-electron chi connectivity index (χ0n) is 10.1. The number of sulfone groups is 1. The van der Waals surface area contributed by atoms with Gasteiger partial charge < -0.3 is 4.98 Å². The van der Waals surface area contributed by atoms with Crippen LogP contribution in [0.2, 0.25) is 0 Å². The highest BCUT2D eigenvalue weighted by Gasteiger charge is 2.31. The molecule has 1 aromatic heterocycles. The molecule has 98 valence electrons. The molecule has 1 aliphatic carbocycles. The van der Waals surface area contributed by atoms with Gasteiger partial charge in [-0.1, -0.05) is 0 Å². The summed E-state index contributed by atoms with van der Waals surface area (Å²) in [4.78, 5) is 19.2. The molecule has 3 rings (SSSR count). The molecule has 6 heteroatoms. The third-order valence-electron chi connectivity index (χ3n) is 3.83. The number of hydrogen-bond donors (Lipinski definition) is 1. The lowest BCUT2D eigenvalue weighted by Crippen LogP contribution is -2.24. The van der Waals surface area contributed by atoms with E-state index >= 15 is 0 Å². The second kappa shape index (κ2) is 4.19. The molecular formula is C12H16N2O3S. The van der Waals surface area contributed by atoms with Crippen molar-refractivity contribution in [3.05, 3.63) is 27.4 Å². The number of nitrogens with one attached hydrogen (secondary N) is 1. The highest BCUT2D eigenvalue weighted by atomic mass is 32.2. The summed E-state index contributed by atoms with van der Waals surface area (Å²) in [5.41, 5.74) is 1.61. The lowest BCUT2D eigenvalue weighted by Gasteiger charge is -2.16. The van der Waals surface area contributed by atoms with Crippen LogP contribution in [0.4, 0.5) is 0 Å². The summed E-state index contributed by atoms with van der Waals surface area (Å²) in [6.07, 6.45) is 4.30. The fraction of sp³-hybridized carbons (Fsp3) is 0.667. The topological polar surface area (TPSA) is 79.9 Å². The van der Waals surface area contributed by atoms with Crippen LogP contribution in [-0.2, 0) is 22.7 Å². The summed E-state index contributed by atoms with van der Waals surface area (Å²) in [5.74, 6) is 0.768. The van der Waals surface area contributed by atoms with Gasteiger partial charge >= 0.3 is 0 Å². The van der Waals surface area contributed by atoms with Crippen molar-refractivity contribution in [3.8, 4) is 0 Å². The summed E-state index contributed by atoms with van der Waals surface area (Å²) >= 11 is 0. The van der Waals surface area contributed by atoms with Crippen molar-refractivity contribution >= 4 is 9.84 Å². The smallest absolute Gasteiger partial charge is 0.254 e. The van der Waals surface area contributed by atoms with Gasteiger partial charge in [-0.25, -0.2) is 13.4 Å². The van der Waals surface area contributed by atoms with Gasteiger partial charge in [-0.05, 0) is 32.1 Å². The Kier molecular flexibility index (Phi) is 2.77. The molecule has 0 saturated carbocycles. The van der Waals surface area contributed by atoms with Crippen molar-refractivity contribution in [1.29, 1.82) is 0 Å². The predicted octanol–water partition coefficient (Wildman–Crippen LogP) is 0.551. The van der Waals surface area contributed by atoms with Crippen molar-refractivity contribution in [1.82, 2.24) is 9.97 Å². The summed E-state index contributed by atoms with van der Waals surface area (Å²) < 4.78 is 22.9. The summed E-state index contributed by atoms with van der Waals surface area (Å²) in [6.45, 7) is 0. The number of aromatic amines is 1. The molecule has 1 N–H and O–H groups in total. The summed E-state index contributed by atoms with van der Waals surface area (Å²) in [7, 11) is -2.94. The monoisotopic (exact) mass is 268 g/mol. The van der Waals surface area contributed by atoms with Crippen LogP contribution in [0.15, 0.2) is 4.79 Å². The van der Waals surface area contributed by atoms with Gasteiger partial charge in [0.25, 0.3) is 5.56 Å². The van der Waals surface area contributed by atoms with Crippen LogP contribution in [-0.4, -0.2) is 29.9 Å². The van der Waals surface area contributed by atoms with E-state index in [-0.39, 0.29) is 23.0 Å². The van der Waals surface area contributed by atoms with E-state index in [9.17, 15) is 13.2 Å². The van der Waals surface area contributed by atoms with Crippen LogP contribution in [0, 0.1) is 0 Å². The molecular weight excluding hydrogens is 252 g/mol. The van der Waals surface area contributed by atoms with Crippen LogP contribution >= 0.6 is 0 Å². The molecule has 1 fully saturated rings. The minimum Gasteiger partial charge on any atom is -0.310 e. The minimum atomic E-state index is -2.94. The highest BCUT2D eigenvalue weighted by Crippen LogP contribution is 2.27. The largest absolute Gasteiger partial charge is 0.310 e. The zero-order valence-corrected chi connectivity index (χ0v) is 10.9.